The van der Waals surface area contributed by atoms with E-state index in [1.807, 2.05) is 25.1 Å². The van der Waals surface area contributed by atoms with Gasteiger partial charge in [-0.15, -0.1) is 0 Å². The summed E-state index contributed by atoms with van der Waals surface area (Å²) in [6.45, 7) is 3.72. The fourth-order valence-corrected chi connectivity index (χ4v) is 3.98. The number of anilines is 1. The van der Waals surface area contributed by atoms with Crippen molar-refractivity contribution < 1.29 is 14.0 Å². The van der Waals surface area contributed by atoms with Crippen LogP contribution in [0.15, 0.2) is 65.3 Å². The topological polar surface area (TPSA) is 74.6 Å². The molecule has 0 spiro atoms. The van der Waals surface area contributed by atoms with Crippen LogP contribution in [0.5, 0.6) is 0 Å². The number of hydrogen-bond acceptors (Lipinski definition) is 4. The molecule has 0 bridgehead atoms. The van der Waals surface area contributed by atoms with E-state index in [1.54, 1.807) is 24.5 Å². The molecule has 1 aliphatic heterocycles. The van der Waals surface area contributed by atoms with Crippen LogP contribution in [-0.2, 0) is 22.6 Å². The maximum absolute atomic E-state index is 12.4. The largest absolute Gasteiger partial charge is 0.468 e. The highest BCUT2D eigenvalue weighted by Crippen LogP contribution is 2.28. The molecular weight excluding hydrogens is 414 g/mol. The summed E-state index contributed by atoms with van der Waals surface area (Å²) in [5.74, 6) is -0.682. The van der Waals surface area contributed by atoms with Crippen LogP contribution in [0.3, 0.4) is 0 Å². The summed E-state index contributed by atoms with van der Waals surface area (Å²) in [6, 6.07) is 17.0. The molecule has 1 aromatic heterocycles. The van der Waals surface area contributed by atoms with Crippen LogP contribution < -0.4 is 10.6 Å². The van der Waals surface area contributed by atoms with Gasteiger partial charge in [0, 0.05) is 30.3 Å². The lowest BCUT2D eigenvalue weighted by Gasteiger charge is -2.34. The molecule has 3 aromatic rings. The van der Waals surface area contributed by atoms with Crippen molar-refractivity contribution in [3.05, 3.63) is 88.3 Å². The molecule has 2 aromatic carbocycles. The molecule has 0 aliphatic carbocycles. The first-order valence-corrected chi connectivity index (χ1v) is 10.6. The van der Waals surface area contributed by atoms with Crippen LogP contribution in [0.2, 0.25) is 5.02 Å². The first-order chi connectivity index (χ1) is 15.0. The minimum atomic E-state index is -0.734. The summed E-state index contributed by atoms with van der Waals surface area (Å²) >= 11 is 6.09. The van der Waals surface area contributed by atoms with Crippen molar-refractivity contribution in [2.45, 2.75) is 25.9 Å². The van der Waals surface area contributed by atoms with Gasteiger partial charge in [-0.2, -0.15) is 0 Å². The van der Waals surface area contributed by atoms with Gasteiger partial charge >= 0.3 is 11.8 Å². The monoisotopic (exact) mass is 437 g/mol. The molecule has 0 saturated heterocycles. The van der Waals surface area contributed by atoms with Crippen LogP contribution in [0, 0.1) is 6.92 Å². The van der Waals surface area contributed by atoms with Gasteiger partial charge in [-0.1, -0.05) is 41.9 Å². The predicted octanol–water partition coefficient (Wildman–Crippen LogP) is 4.10. The van der Waals surface area contributed by atoms with E-state index in [2.05, 4.69) is 33.7 Å². The molecular formula is C24H24ClN3O3. The number of aryl methyl sites for hydroxylation is 1. The Labute approximate surface area is 186 Å². The van der Waals surface area contributed by atoms with Crippen LogP contribution in [0.4, 0.5) is 5.69 Å². The molecule has 1 aliphatic rings. The van der Waals surface area contributed by atoms with Crippen molar-refractivity contribution >= 4 is 29.1 Å². The molecule has 6 nitrogen and oxygen atoms in total. The predicted molar refractivity (Wildman–Crippen MR) is 120 cm³/mol. The number of nitrogens with one attached hydrogen (secondary N) is 2. The Morgan fingerprint density at radius 1 is 1.10 bits per heavy atom. The summed E-state index contributed by atoms with van der Waals surface area (Å²) in [5, 5.41) is 5.87. The molecule has 0 unspecified atom stereocenters. The number of halogens is 1. The number of rotatable bonds is 5. The molecule has 7 heteroatoms. The minimum Gasteiger partial charge on any atom is -0.468 e. The second kappa shape index (κ2) is 9.37. The highest BCUT2D eigenvalue weighted by Gasteiger charge is 2.27. The standard InChI is InChI=1S/C24H24ClN3O3/c1-16-8-9-19(13-20(16)25)27-24(30)23(29)26-14-21(22-7-4-12-31-22)28-11-10-17-5-2-3-6-18(17)15-28/h2-9,12-13,21H,10-11,14-15H2,1H3,(H,26,29)(H,27,30)/t21-/m0/s1. The highest BCUT2D eigenvalue weighted by molar-refractivity contribution is 6.39. The molecule has 0 saturated carbocycles. The van der Waals surface area contributed by atoms with E-state index in [0.717, 1.165) is 30.8 Å². The molecule has 31 heavy (non-hydrogen) atoms. The fraction of sp³-hybridized carbons (Fsp3) is 0.250. The number of benzene rings is 2. The van der Waals surface area contributed by atoms with E-state index >= 15 is 0 Å². The Balaban J connectivity index is 1.41. The van der Waals surface area contributed by atoms with E-state index in [-0.39, 0.29) is 12.6 Å². The Morgan fingerprint density at radius 3 is 2.65 bits per heavy atom. The molecule has 4 rings (SSSR count). The first kappa shape index (κ1) is 21.2. The molecule has 2 amide bonds. The van der Waals surface area contributed by atoms with Gasteiger partial charge in [0.1, 0.15) is 5.76 Å². The molecule has 2 N–H and O–H groups in total. The van der Waals surface area contributed by atoms with Crippen LogP contribution in [0.1, 0.15) is 28.5 Å². The number of carbonyl (C=O) groups is 2. The lowest BCUT2D eigenvalue weighted by atomic mass is 9.98. The number of hydrogen-bond donors (Lipinski definition) is 2. The van der Waals surface area contributed by atoms with Crippen molar-refractivity contribution in [2.75, 3.05) is 18.4 Å². The summed E-state index contributed by atoms with van der Waals surface area (Å²) < 4.78 is 5.64. The summed E-state index contributed by atoms with van der Waals surface area (Å²) in [6.07, 6.45) is 2.55. The van der Waals surface area contributed by atoms with Gasteiger partial charge in [0.05, 0.1) is 12.3 Å². The van der Waals surface area contributed by atoms with Crippen LogP contribution in [-0.4, -0.2) is 29.8 Å². The molecule has 1 atom stereocenters. The number of fused-ring (bicyclic) bond motifs is 1. The second-order valence-corrected chi connectivity index (χ2v) is 8.06. The van der Waals surface area contributed by atoms with Crippen molar-refractivity contribution in [3.63, 3.8) is 0 Å². The average Bonchev–Trinajstić information content (AvgIpc) is 3.31. The summed E-state index contributed by atoms with van der Waals surface area (Å²) in [5.41, 5.74) is 3.99. The molecule has 2 heterocycles. The Bertz CT molecular complexity index is 1080. The van der Waals surface area contributed by atoms with Crippen molar-refractivity contribution in [2.24, 2.45) is 0 Å². The SMILES string of the molecule is Cc1ccc(NC(=O)C(=O)NC[C@@H](c2ccco2)N2CCc3ccccc3C2)cc1Cl. The molecule has 0 radical (unpaired) electrons. The Morgan fingerprint density at radius 2 is 1.90 bits per heavy atom. The summed E-state index contributed by atoms with van der Waals surface area (Å²) in [4.78, 5) is 27.1. The third-order valence-corrected chi connectivity index (χ3v) is 5.97. The zero-order valence-electron chi connectivity index (χ0n) is 17.2. The first-order valence-electron chi connectivity index (χ1n) is 10.2. The zero-order chi connectivity index (χ0) is 21.8. The Kier molecular flexibility index (Phi) is 6.39. The minimum absolute atomic E-state index is 0.172. The maximum Gasteiger partial charge on any atom is 0.313 e. The number of carbonyl (C=O) groups excluding carboxylic acids is 2. The van der Waals surface area contributed by atoms with Gasteiger partial charge in [-0.05, 0) is 54.3 Å². The van der Waals surface area contributed by atoms with E-state index in [4.69, 9.17) is 16.0 Å². The number of furan rings is 1. The quantitative estimate of drug-likeness (QED) is 0.589. The average molecular weight is 438 g/mol. The summed E-state index contributed by atoms with van der Waals surface area (Å²) in [7, 11) is 0. The molecule has 0 fully saturated rings. The van der Waals surface area contributed by atoms with Gasteiger partial charge in [0.15, 0.2) is 0 Å². The lowest BCUT2D eigenvalue weighted by molar-refractivity contribution is -0.136. The third kappa shape index (κ3) is 4.98. The van der Waals surface area contributed by atoms with Gasteiger partial charge in [0.25, 0.3) is 0 Å². The number of amides is 2. The smallest absolute Gasteiger partial charge is 0.313 e. The normalized spacial score (nSPS) is 14.5. The second-order valence-electron chi connectivity index (χ2n) is 7.65. The maximum atomic E-state index is 12.4. The highest BCUT2D eigenvalue weighted by atomic mass is 35.5. The van der Waals surface area contributed by atoms with Gasteiger partial charge in [-0.3, -0.25) is 14.5 Å². The van der Waals surface area contributed by atoms with Gasteiger partial charge in [0.2, 0.25) is 0 Å². The van der Waals surface area contributed by atoms with E-state index in [9.17, 15) is 9.59 Å². The van der Waals surface area contributed by atoms with E-state index in [1.165, 1.54) is 11.1 Å². The molecule has 160 valence electrons. The van der Waals surface area contributed by atoms with E-state index < -0.39 is 11.8 Å². The Hall–Kier alpha value is -3.09. The fourth-order valence-electron chi connectivity index (χ4n) is 3.80. The lowest BCUT2D eigenvalue weighted by Crippen LogP contribution is -2.43. The number of nitrogens with zero attached hydrogens (tertiary/aromatic N) is 1. The van der Waals surface area contributed by atoms with Crippen molar-refractivity contribution in [1.82, 2.24) is 10.2 Å². The van der Waals surface area contributed by atoms with Crippen LogP contribution >= 0.6 is 11.6 Å². The zero-order valence-corrected chi connectivity index (χ0v) is 18.0. The van der Waals surface area contributed by atoms with Crippen LogP contribution in [0.25, 0.3) is 0 Å². The van der Waals surface area contributed by atoms with Crippen molar-refractivity contribution in [1.29, 1.82) is 0 Å². The third-order valence-electron chi connectivity index (χ3n) is 5.56. The van der Waals surface area contributed by atoms with E-state index in [0.29, 0.717) is 10.7 Å². The van der Waals surface area contributed by atoms with Crippen molar-refractivity contribution in [3.8, 4) is 0 Å². The van der Waals surface area contributed by atoms with Gasteiger partial charge < -0.3 is 15.1 Å². The van der Waals surface area contributed by atoms with Gasteiger partial charge in [-0.25, -0.2) is 0 Å².